The number of nitrogens with zero attached hydrogens (tertiary/aromatic N) is 2. The van der Waals surface area contributed by atoms with E-state index in [-0.39, 0.29) is 6.04 Å². The van der Waals surface area contributed by atoms with E-state index in [4.69, 9.17) is 22.2 Å². The molecule has 1 atom stereocenters. The maximum Gasteiger partial charge on any atom is 0.119 e. The van der Waals surface area contributed by atoms with Crippen molar-refractivity contribution in [1.29, 1.82) is 0 Å². The minimum absolute atomic E-state index is 0.0277. The van der Waals surface area contributed by atoms with Crippen molar-refractivity contribution in [2.45, 2.75) is 12.5 Å². The van der Waals surface area contributed by atoms with Crippen LogP contribution in [0.4, 0.5) is 0 Å². The van der Waals surface area contributed by atoms with Gasteiger partial charge in [-0.2, -0.15) is 5.10 Å². The fraction of sp³-hybridized carbons (Fsp3) is 0.308. The lowest BCUT2D eigenvalue weighted by Crippen LogP contribution is -2.41. The van der Waals surface area contributed by atoms with Crippen molar-refractivity contribution in [2.24, 2.45) is 12.9 Å². The van der Waals surface area contributed by atoms with Gasteiger partial charge in [0.2, 0.25) is 0 Å². The number of hydrazine groups is 1. The van der Waals surface area contributed by atoms with Gasteiger partial charge in [-0.05, 0) is 36.2 Å². The molecule has 6 heteroatoms. The molecule has 2 rings (SSSR count). The van der Waals surface area contributed by atoms with Crippen molar-refractivity contribution in [3.8, 4) is 5.75 Å². The molecular formula is C13H17ClN4O. The number of hydrogen-bond acceptors (Lipinski definition) is 4. The molecule has 102 valence electrons. The van der Waals surface area contributed by atoms with Crippen molar-refractivity contribution >= 4 is 11.6 Å². The third kappa shape index (κ3) is 4.24. The number of aryl methyl sites for hydroxylation is 1. The van der Waals surface area contributed by atoms with Gasteiger partial charge in [0.15, 0.2) is 0 Å². The molecule has 1 heterocycles. The molecule has 1 aromatic carbocycles. The normalized spacial score (nSPS) is 12.4. The van der Waals surface area contributed by atoms with Crippen LogP contribution in [-0.4, -0.2) is 22.4 Å². The van der Waals surface area contributed by atoms with Gasteiger partial charge in [0, 0.05) is 18.3 Å². The minimum atomic E-state index is 0.0277. The molecule has 5 nitrogen and oxygen atoms in total. The monoisotopic (exact) mass is 280 g/mol. The summed E-state index contributed by atoms with van der Waals surface area (Å²) in [5, 5.41) is 4.82. The summed E-state index contributed by atoms with van der Waals surface area (Å²) in [6, 6.07) is 7.28. The Bertz CT molecular complexity index is 512. The first-order valence-corrected chi connectivity index (χ1v) is 6.37. The van der Waals surface area contributed by atoms with E-state index in [9.17, 15) is 0 Å². The average molecular weight is 281 g/mol. The van der Waals surface area contributed by atoms with Crippen LogP contribution in [0.15, 0.2) is 36.7 Å². The lowest BCUT2D eigenvalue weighted by molar-refractivity contribution is 0.264. The van der Waals surface area contributed by atoms with Crippen LogP contribution in [0, 0.1) is 0 Å². The zero-order valence-corrected chi connectivity index (χ0v) is 11.5. The molecule has 0 bridgehead atoms. The van der Waals surface area contributed by atoms with Gasteiger partial charge in [-0.15, -0.1) is 0 Å². The van der Waals surface area contributed by atoms with E-state index in [1.165, 1.54) is 0 Å². The summed E-state index contributed by atoms with van der Waals surface area (Å²) in [6.07, 6.45) is 4.55. The van der Waals surface area contributed by atoms with Crippen LogP contribution in [0.5, 0.6) is 5.75 Å². The predicted molar refractivity (Wildman–Crippen MR) is 75.0 cm³/mol. The largest absolute Gasteiger partial charge is 0.492 e. The summed E-state index contributed by atoms with van der Waals surface area (Å²) in [5.41, 5.74) is 3.87. The van der Waals surface area contributed by atoms with E-state index in [0.717, 1.165) is 17.7 Å². The summed E-state index contributed by atoms with van der Waals surface area (Å²) >= 11 is 5.81. The number of nitrogens with two attached hydrogens (primary N) is 1. The van der Waals surface area contributed by atoms with E-state index in [2.05, 4.69) is 10.5 Å². The highest BCUT2D eigenvalue weighted by Crippen LogP contribution is 2.15. The molecule has 0 aliphatic heterocycles. The number of nitrogens with one attached hydrogen (secondary N) is 1. The second-order valence-corrected chi connectivity index (χ2v) is 4.79. The number of halogens is 1. The SMILES string of the molecule is Cn1cc(CC(COc2ccc(Cl)cc2)NN)cn1. The van der Waals surface area contributed by atoms with Crippen molar-refractivity contribution in [1.82, 2.24) is 15.2 Å². The van der Waals surface area contributed by atoms with Crippen molar-refractivity contribution < 1.29 is 4.74 Å². The van der Waals surface area contributed by atoms with Crippen LogP contribution in [0.25, 0.3) is 0 Å². The third-order valence-corrected chi connectivity index (χ3v) is 2.99. The molecule has 0 saturated heterocycles. The van der Waals surface area contributed by atoms with Gasteiger partial charge < -0.3 is 4.74 Å². The smallest absolute Gasteiger partial charge is 0.119 e. The Morgan fingerprint density at radius 2 is 2.16 bits per heavy atom. The van der Waals surface area contributed by atoms with Crippen LogP contribution < -0.4 is 16.0 Å². The molecule has 0 aliphatic rings. The number of hydrogen-bond donors (Lipinski definition) is 2. The van der Waals surface area contributed by atoms with Crippen LogP contribution >= 0.6 is 11.6 Å². The highest BCUT2D eigenvalue weighted by Gasteiger charge is 2.10. The molecular weight excluding hydrogens is 264 g/mol. The molecule has 1 unspecified atom stereocenters. The predicted octanol–water partition coefficient (Wildman–Crippen LogP) is 1.53. The van der Waals surface area contributed by atoms with Crippen LogP contribution in [0.3, 0.4) is 0 Å². The van der Waals surface area contributed by atoms with Gasteiger partial charge >= 0.3 is 0 Å². The molecule has 0 amide bonds. The number of benzene rings is 1. The van der Waals surface area contributed by atoms with Crippen molar-refractivity contribution in [3.05, 3.63) is 47.2 Å². The summed E-state index contributed by atoms with van der Waals surface area (Å²) < 4.78 is 7.43. The number of aromatic nitrogens is 2. The first-order chi connectivity index (χ1) is 9.17. The quantitative estimate of drug-likeness (QED) is 0.622. The fourth-order valence-corrected chi connectivity index (χ4v) is 1.88. The number of ether oxygens (including phenoxy) is 1. The maximum absolute atomic E-state index is 5.81. The molecule has 19 heavy (non-hydrogen) atoms. The van der Waals surface area contributed by atoms with Gasteiger partial charge in [0.05, 0.1) is 12.2 Å². The Morgan fingerprint density at radius 3 is 2.74 bits per heavy atom. The molecule has 3 N–H and O–H groups in total. The van der Waals surface area contributed by atoms with Gasteiger partial charge in [0.25, 0.3) is 0 Å². The lowest BCUT2D eigenvalue weighted by atomic mass is 10.1. The van der Waals surface area contributed by atoms with Crippen LogP contribution in [0.2, 0.25) is 5.02 Å². The van der Waals surface area contributed by atoms with E-state index in [1.54, 1.807) is 16.8 Å². The Labute approximate surface area is 117 Å². The second-order valence-electron chi connectivity index (χ2n) is 4.35. The average Bonchev–Trinajstić information content (AvgIpc) is 2.82. The number of rotatable bonds is 6. The molecule has 0 saturated carbocycles. The van der Waals surface area contributed by atoms with Gasteiger partial charge in [-0.1, -0.05) is 11.6 Å². The zero-order valence-electron chi connectivity index (χ0n) is 10.7. The van der Waals surface area contributed by atoms with Gasteiger partial charge in [0.1, 0.15) is 12.4 Å². The van der Waals surface area contributed by atoms with Crippen LogP contribution in [0.1, 0.15) is 5.56 Å². The van der Waals surface area contributed by atoms with Gasteiger partial charge in [-0.3, -0.25) is 16.0 Å². The molecule has 0 radical (unpaired) electrons. The van der Waals surface area contributed by atoms with E-state index in [1.807, 2.05) is 31.6 Å². The van der Waals surface area contributed by atoms with Gasteiger partial charge in [-0.25, -0.2) is 0 Å². The zero-order chi connectivity index (χ0) is 13.7. The minimum Gasteiger partial charge on any atom is -0.492 e. The Hall–Kier alpha value is -1.56. The summed E-state index contributed by atoms with van der Waals surface area (Å²) in [4.78, 5) is 0. The lowest BCUT2D eigenvalue weighted by Gasteiger charge is -2.16. The van der Waals surface area contributed by atoms with Crippen molar-refractivity contribution in [3.63, 3.8) is 0 Å². The molecule has 1 aromatic heterocycles. The fourth-order valence-electron chi connectivity index (χ4n) is 1.76. The Balaban J connectivity index is 1.87. The van der Waals surface area contributed by atoms with E-state index in [0.29, 0.717) is 11.6 Å². The Kier molecular flexibility index (Phi) is 4.79. The maximum atomic E-state index is 5.81. The van der Waals surface area contributed by atoms with E-state index >= 15 is 0 Å². The molecule has 2 aromatic rings. The molecule has 0 fully saturated rings. The summed E-state index contributed by atoms with van der Waals surface area (Å²) in [7, 11) is 1.89. The van der Waals surface area contributed by atoms with E-state index < -0.39 is 0 Å². The molecule has 0 spiro atoms. The highest BCUT2D eigenvalue weighted by molar-refractivity contribution is 6.30. The third-order valence-electron chi connectivity index (χ3n) is 2.74. The van der Waals surface area contributed by atoms with Crippen molar-refractivity contribution in [2.75, 3.05) is 6.61 Å². The second kappa shape index (κ2) is 6.56. The summed E-state index contributed by atoms with van der Waals surface area (Å²) in [6.45, 7) is 0.479. The Morgan fingerprint density at radius 1 is 1.42 bits per heavy atom. The topological polar surface area (TPSA) is 65.1 Å². The summed E-state index contributed by atoms with van der Waals surface area (Å²) in [5.74, 6) is 6.31. The highest BCUT2D eigenvalue weighted by atomic mass is 35.5. The standard InChI is InChI=1S/C13H17ClN4O/c1-18-8-10(7-16-18)6-12(17-15)9-19-13-4-2-11(14)3-5-13/h2-5,7-8,12,17H,6,9,15H2,1H3. The van der Waals surface area contributed by atoms with Crippen LogP contribution in [-0.2, 0) is 13.5 Å². The molecule has 0 aliphatic carbocycles. The first-order valence-electron chi connectivity index (χ1n) is 5.99. The first kappa shape index (κ1) is 13.9.